The minimum absolute atomic E-state index is 0.343. The van der Waals surface area contributed by atoms with Gasteiger partial charge in [-0.05, 0) is 50.9 Å². The standard InChI is InChI=1S/C15H23ClN2O/c1-11(8-17)18(2)9-13-7-14(16)5-6-15(13)19-10-12-3-4-12/h5-7,11-12H,3-4,8-10,17H2,1-2H3. The molecule has 1 aromatic rings. The Balaban J connectivity index is 2.04. The Kier molecular flexibility index (Phi) is 5.08. The van der Waals surface area contributed by atoms with Gasteiger partial charge in [-0.3, -0.25) is 4.90 Å². The molecule has 1 aromatic carbocycles. The molecule has 2 N–H and O–H groups in total. The highest BCUT2D eigenvalue weighted by molar-refractivity contribution is 6.30. The summed E-state index contributed by atoms with van der Waals surface area (Å²) in [6, 6.07) is 6.19. The molecule has 0 heterocycles. The van der Waals surface area contributed by atoms with Crippen molar-refractivity contribution in [1.82, 2.24) is 4.90 Å². The molecular weight excluding hydrogens is 260 g/mol. The van der Waals surface area contributed by atoms with Crippen LogP contribution in [0.15, 0.2) is 18.2 Å². The van der Waals surface area contributed by atoms with Gasteiger partial charge >= 0.3 is 0 Å². The van der Waals surface area contributed by atoms with E-state index in [1.54, 1.807) is 0 Å². The van der Waals surface area contributed by atoms with E-state index in [9.17, 15) is 0 Å². The predicted octanol–water partition coefficient (Wildman–Crippen LogP) is 2.91. The lowest BCUT2D eigenvalue weighted by Crippen LogP contribution is -2.34. The Hall–Kier alpha value is -0.770. The second-order valence-corrected chi connectivity index (χ2v) is 5.94. The zero-order chi connectivity index (χ0) is 13.8. The topological polar surface area (TPSA) is 38.5 Å². The van der Waals surface area contributed by atoms with Crippen molar-refractivity contribution in [2.45, 2.75) is 32.4 Å². The second kappa shape index (κ2) is 6.60. The molecule has 4 heteroatoms. The van der Waals surface area contributed by atoms with Gasteiger partial charge < -0.3 is 10.5 Å². The minimum atomic E-state index is 0.343. The Morgan fingerprint density at radius 3 is 2.84 bits per heavy atom. The van der Waals surface area contributed by atoms with Crippen molar-refractivity contribution in [2.24, 2.45) is 11.7 Å². The highest BCUT2D eigenvalue weighted by Crippen LogP contribution is 2.31. The number of rotatable bonds is 7. The largest absolute Gasteiger partial charge is 0.493 e. The van der Waals surface area contributed by atoms with Crippen molar-refractivity contribution in [3.05, 3.63) is 28.8 Å². The van der Waals surface area contributed by atoms with Crippen molar-refractivity contribution in [3.63, 3.8) is 0 Å². The fourth-order valence-corrected chi connectivity index (χ4v) is 2.10. The Morgan fingerprint density at radius 1 is 1.47 bits per heavy atom. The number of ether oxygens (including phenoxy) is 1. The summed E-state index contributed by atoms with van der Waals surface area (Å²) in [6.45, 7) is 4.40. The molecule has 1 aliphatic rings. The number of benzene rings is 1. The molecule has 1 unspecified atom stereocenters. The van der Waals surface area contributed by atoms with E-state index in [4.69, 9.17) is 22.1 Å². The van der Waals surface area contributed by atoms with Crippen LogP contribution in [0.25, 0.3) is 0 Å². The van der Waals surface area contributed by atoms with Crippen LogP contribution in [0.3, 0.4) is 0 Å². The maximum absolute atomic E-state index is 6.09. The monoisotopic (exact) mass is 282 g/mol. The van der Waals surface area contributed by atoms with Crippen molar-refractivity contribution >= 4 is 11.6 Å². The Labute approximate surface area is 120 Å². The van der Waals surface area contributed by atoms with Crippen LogP contribution in [0.2, 0.25) is 5.02 Å². The molecule has 1 saturated carbocycles. The van der Waals surface area contributed by atoms with Crippen LogP contribution in [-0.4, -0.2) is 31.1 Å². The van der Waals surface area contributed by atoms with Crippen molar-refractivity contribution in [3.8, 4) is 5.75 Å². The first kappa shape index (κ1) is 14.6. The number of nitrogens with zero attached hydrogens (tertiary/aromatic N) is 1. The lowest BCUT2D eigenvalue weighted by molar-refractivity contribution is 0.244. The molecule has 3 nitrogen and oxygen atoms in total. The van der Waals surface area contributed by atoms with Gasteiger partial charge in [-0.15, -0.1) is 0 Å². The average Bonchev–Trinajstić information content (AvgIpc) is 3.21. The van der Waals surface area contributed by atoms with Gasteiger partial charge in [-0.1, -0.05) is 11.6 Å². The van der Waals surface area contributed by atoms with Gasteiger partial charge in [0.05, 0.1) is 6.61 Å². The third-order valence-electron chi connectivity index (χ3n) is 3.71. The summed E-state index contributed by atoms with van der Waals surface area (Å²) in [5, 5.41) is 0.752. The number of hydrogen-bond donors (Lipinski definition) is 1. The van der Waals surface area contributed by atoms with E-state index < -0.39 is 0 Å². The molecule has 106 valence electrons. The van der Waals surface area contributed by atoms with Crippen molar-refractivity contribution in [2.75, 3.05) is 20.2 Å². The summed E-state index contributed by atoms with van der Waals surface area (Å²) in [5.41, 5.74) is 6.84. The molecule has 0 aromatic heterocycles. The SMILES string of the molecule is CC(CN)N(C)Cc1cc(Cl)ccc1OCC1CC1. The summed E-state index contributed by atoms with van der Waals surface area (Å²) in [5.74, 6) is 1.71. The summed E-state index contributed by atoms with van der Waals surface area (Å²) >= 11 is 6.09. The summed E-state index contributed by atoms with van der Waals surface area (Å²) in [4.78, 5) is 2.22. The van der Waals surface area contributed by atoms with Crippen LogP contribution >= 0.6 is 11.6 Å². The fraction of sp³-hybridized carbons (Fsp3) is 0.600. The molecule has 1 fully saturated rings. The van der Waals surface area contributed by atoms with Gasteiger partial charge in [0.2, 0.25) is 0 Å². The van der Waals surface area contributed by atoms with Crippen LogP contribution in [-0.2, 0) is 6.54 Å². The molecule has 1 aliphatic carbocycles. The Morgan fingerprint density at radius 2 is 2.21 bits per heavy atom. The third-order valence-corrected chi connectivity index (χ3v) is 3.94. The molecule has 0 bridgehead atoms. The summed E-state index contributed by atoms with van der Waals surface area (Å²) in [7, 11) is 2.07. The summed E-state index contributed by atoms with van der Waals surface area (Å²) < 4.78 is 5.91. The fourth-order valence-electron chi connectivity index (χ4n) is 1.91. The maximum atomic E-state index is 6.09. The van der Waals surface area contributed by atoms with Crippen molar-refractivity contribution in [1.29, 1.82) is 0 Å². The molecule has 0 radical (unpaired) electrons. The first-order valence-electron chi connectivity index (χ1n) is 6.91. The second-order valence-electron chi connectivity index (χ2n) is 5.51. The molecule has 2 rings (SSSR count). The first-order chi connectivity index (χ1) is 9.10. The quantitative estimate of drug-likeness (QED) is 0.836. The van der Waals surface area contributed by atoms with Gasteiger partial charge in [-0.25, -0.2) is 0 Å². The van der Waals surface area contributed by atoms with E-state index >= 15 is 0 Å². The van der Waals surface area contributed by atoms with Gasteiger partial charge in [0.15, 0.2) is 0 Å². The Bertz CT molecular complexity index is 421. The van der Waals surface area contributed by atoms with Crippen molar-refractivity contribution < 1.29 is 4.74 Å². The molecule has 19 heavy (non-hydrogen) atoms. The lowest BCUT2D eigenvalue weighted by Gasteiger charge is -2.24. The molecule has 0 saturated heterocycles. The zero-order valence-electron chi connectivity index (χ0n) is 11.7. The smallest absolute Gasteiger partial charge is 0.123 e. The third kappa shape index (κ3) is 4.37. The molecular formula is C15H23ClN2O. The van der Waals surface area contributed by atoms with E-state index in [-0.39, 0.29) is 0 Å². The first-order valence-corrected chi connectivity index (χ1v) is 7.29. The van der Waals surface area contributed by atoms with E-state index in [1.807, 2.05) is 18.2 Å². The number of likely N-dealkylation sites (N-methyl/N-ethyl adjacent to an activating group) is 1. The van der Waals surface area contributed by atoms with Crippen LogP contribution in [0, 0.1) is 5.92 Å². The highest BCUT2D eigenvalue weighted by Gasteiger charge is 2.22. The molecule has 0 amide bonds. The van der Waals surface area contributed by atoms with E-state index in [1.165, 1.54) is 12.8 Å². The predicted molar refractivity (Wildman–Crippen MR) is 79.7 cm³/mol. The number of hydrogen-bond acceptors (Lipinski definition) is 3. The summed E-state index contributed by atoms with van der Waals surface area (Å²) in [6.07, 6.45) is 2.60. The maximum Gasteiger partial charge on any atom is 0.123 e. The van der Waals surface area contributed by atoms with E-state index in [2.05, 4.69) is 18.9 Å². The highest BCUT2D eigenvalue weighted by atomic mass is 35.5. The number of nitrogens with two attached hydrogens (primary N) is 1. The molecule has 0 spiro atoms. The lowest BCUT2D eigenvalue weighted by atomic mass is 10.1. The van der Waals surface area contributed by atoms with Gasteiger partial charge in [-0.2, -0.15) is 0 Å². The minimum Gasteiger partial charge on any atom is -0.493 e. The van der Waals surface area contributed by atoms with E-state index in [0.717, 1.165) is 35.4 Å². The van der Waals surface area contributed by atoms with Crippen LogP contribution in [0.1, 0.15) is 25.3 Å². The van der Waals surface area contributed by atoms with Gasteiger partial charge in [0.25, 0.3) is 0 Å². The average molecular weight is 283 g/mol. The van der Waals surface area contributed by atoms with Crippen LogP contribution in [0.4, 0.5) is 0 Å². The van der Waals surface area contributed by atoms with E-state index in [0.29, 0.717) is 12.6 Å². The van der Waals surface area contributed by atoms with Gasteiger partial charge in [0, 0.05) is 29.7 Å². The van der Waals surface area contributed by atoms with Gasteiger partial charge in [0.1, 0.15) is 5.75 Å². The normalized spacial score (nSPS) is 16.7. The van der Waals surface area contributed by atoms with Crippen LogP contribution in [0.5, 0.6) is 5.75 Å². The van der Waals surface area contributed by atoms with Crippen LogP contribution < -0.4 is 10.5 Å². The molecule has 1 atom stereocenters. The number of halogens is 1. The zero-order valence-corrected chi connectivity index (χ0v) is 12.5. The molecule has 0 aliphatic heterocycles.